The maximum Gasteiger partial charge on any atom is 0.355 e. The first kappa shape index (κ1) is 21.3. The lowest BCUT2D eigenvalue weighted by Gasteiger charge is -2.10. The van der Waals surface area contributed by atoms with E-state index in [2.05, 4.69) is 17.3 Å². The van der Waals surface area contributed by atoms with E-state index in [1.165, 1.54) is 4.68 Å². The normalized spacial score (nSPS) is 10.9. The van der Waals surface area contributed by atoms with E-state index in [4.69, 9.17) is 4.74 Å². The fourth-order valence-electron chi connectivity index (χ4n) is 3.30. The van der Waals surface area contributed by atoms with Gasteiger partial charge in [0, 0.05) is 25.2 Å². The summed E-state index contributed by atoms with van der Waals surface area (Å²) in [7, 11) is 1.70. The molecule has 30 heavy (non-hydrogen) atoms. The Balaban J connectivity index is 1.95. The van der Waals surface area contributed by atoms with Gasteiger partial charge >= 0.3 is 5.97 Å². The molecule has 1 aromatic carbocycles. The largest absolute Gasteiger partial charge is 0.461 e. The molecule has 0 bridgehead atoms. The molecule has 1 N–H and O–H groups in total. The van der Waals surface area contributed by atoms with E-state index in [1.54, 1.807) is 55.1 Å². The average Bonchev–Trinajstić information content (AvgIpc) is 3.10. The molecule has 0 radical (unpaired) electrons. The highest BCUT2D eigenvalue weighted by Gasteiger charge is 2.19. The third kappa shape index (κ3) is 4.42. The van der Waals surface area contributed by atoms with Crippen molar-refractivity contribution in [1.29, 1.82) is 0 Å². The molecule has 2 aromatic heterocycles. The van der Waals surface area contributed by atoms with Crippen molar-refractivity contribution in [3.8, 4) is 0 Å². The Morgan fingerprint density at radius 3 is 2.57 bits per heavy atom. The summed E-state index contributed by atoms with van der Waals surface area (Å²) in [6.07, 6.45) is 4.43. The highest BCUT2D eigenvalue weighted by molar-refractivity contribution is 6.11. The van der Waals surface area contributed by atoms with Crippen molar-refractivity contribution in [1.82, 2.24) is 14.3 Å². The number of carbonyl (C=O) groups excluding carboxylic acids is 2. The van der Waals surface area contributed by atoms with Crippen molar-refractivity contribution in [3.05, 3.63) is 58.3 Å². The number of hydrogen-bond acceptors (Lipinski definition) is 5. The minimum atomic E-state index is -0.464. The Morgan fingerprint density at radius 2 is 1.87 bits per heavy atom. The first-order chi connectivity index (χ1) is 14.5. The maximum absolute atomic E-state index is 13.0. The number of nitrogens with zero attached hydrogens (tertiary/aromatic N) is 3. The summed E-state index contributed by atoms with van der Waals surface area (Å²) in [5.41, 5.74) is 0.737. The number of rotatable bonds is 8. The van der Waals surface area contributed by atoms with Gasteiger partial charge in [-0.2, -0.15) is 5.10 Å². The number of aromatic nitrogens is 3. The third-order valence-electron chi connectivity index (χ3n) is 4.80. The highest BCUT2D eigenvalue weighted by atomic mass is 16.5. The van der Waals surface area contributed by atoms with Gasteiger partial charge < -0.3 is 14.6 Å². The van der Waals surface area contributed by atoms with Crippen molar-refractivity contribution >= 4 is 28.3 Å². The Kier molecular flexibility index (Phi) is 6.66. The smallest absolute Gasteiger partial charge is 0.355 e. The first-order valence-corrected chi connectivity index (χ1v) is 10.1. The van der Waals surface area contributed by atoms with Crippen molar-refractivity contribution in [2.75, 3.05) is 11.9 Å². The molecule has 0 aliphatic carbocycles. The van der Waals surface area contributed by atoms with Crippen LogP contribution in [0.1, 0.15) is 54.1 Å². The van der Waals surface area contributed by atoms with Crippen molar-refractivity contribution in [3.63, 3.8) is 0 Å². The average molecular weight is 410 g/mol. The lowest BCUT2D eigenvalue weighted by Crippen LogP contribution is -2.27. The zero-order valence-electron chi connectivity index (χ0n) is 17.5. The number of anilines is 1. The molecule has 8 heteroatoms. The quantitative estimate of drug-likeness (QED) is 0.454. The number of amides is 1. The van der Waals surface area contributed by atoms with Gasteiger partial charge in [-0.1, -0.05) is 38.0 Å². The van der Waals surface area contributed by atoms with Gasteiger partial charge in [-0.15, -0.1) is 0 Å². The molecule has 0 aliphatic heterocycles. The second-order valence-electron chi connectivity index (χ2n) is 7.03. The van der Waals surface area contributed by atoms with Gasteiger partial charge in [-0.05, 0) is 25.5 Å². The molecule has 3 rings (SSSR count). The molecule has 0 saturated heterocycles. The number of aryl methyl sites for hydroxylation is 2. The first-order valence-electron chi connectivity index (χ1n) is 10.1. The number of hydrogen-bond donors (Lipinski definition) is 1. The van der Waals surface area contributed by atoms with Crippen LogP contribution < -0.4 is 10.9 Å². The van der Waals surface area contributed by atoms with Gasteiger partial charge in [0.1, 0.15) is 5.69 Å². The Bertz CT molecular complexity index is 1130. The Morgan fingerprint density at radius 1 is 1.13 bits per heavy atom. The zero-order valence-corrected chi connectivity index (χ0v) is 17.5. The number of unbranched alkanes of at least 4 members (excludes halogenated alkanes) is 2. The minimum Gasteiger partial charge on any atom is -0.461 e. The molecule has 0 spiro atoms. The molecule has 3 aromatic rings. The second kappa shape index (κ2) is 9.39. The van der Waals surface area contributed by atoms with Gasteiger partial charge in [0.2, 0.25) is 0 Å². The molecule has 158 valence electrons. The summed E-state index contributed by atoms with van der Waals surface area (Å²) >= 11 is 0. The highest BCUT2D eigenvalue weighted by Crippen LogP contribution is 2.18. The van der Waals surface area contributed by atoms with Gasteiger partial charge in [-0.3, -0.25) is 9.59 Å². The lowest BCUT2D eigenvalue weighted by molar-refractivity contribution is 0.0515. The summed E-state index contributed by atoms with van der Waals surface area (Å²) in [5, 5.41) is 8.08. The minimum absolute atomic E-state index is 0.170. The number of fused-ring (bicyclic) bond motifs is 1. The molecular weight excluding hydrogens is 384 g/mol. The van der Waals surface area contributed by atoms with Crippen LogP contribution in [0.4, 0.5) is 5.69 Å². The Labute approximate surface area is 174 Å². The maximum atomic E-state index is 13.0. The van der Waals surface area contributed by atoms with Crippen LogP contribution in [0, 0.1) is 0 Å². The Hall–Kier alpha value is -3.42. The molecule has 8 nitrogen and oxygen atoms in total. The van der Waals surface area contributed by atoms with E-state index >= 15 is 0 Å². The zero-order chi connectivity index (χ0) is 21.7. The van der Waals surface area contributed by atoms with Crippen molar-refractivity contribution in [2.45, 2.75) is 39.7 Å². The van der Waals surface area contributed by atoms with Crippen LogP contribution in [-0.2, 0) is 18.3 Å². The standard InChI is InChI=1S/C22H26N4O4/c1-4-6-9-12-26-21(28)17-11-8-7-10-16(17)19(24-26)20(27)23-15-13-18(25(3)14-15)22(29)30-5-2/h7-8,10-11,13-14H,4-6,9,12H2,1-3H3,(H,23,27). The molecule has 0 fully saturated rings. The van der Waals surface area contributed by atoms with E-state index in [1.807, 2.05) is 0 Å². The van der Waals surface area contributed by atoms with Gasteiger partial charge in [-0.25, -0.2) is 9.48 Å². The molecular formula is C22H26N4O4. The number of benzene rings is 1. The molecule has 0 unspecified atom stereocenters. The van der Waals surface area contributed by atoms with E-state index in [-0.39, 0.29) is 17.9 Å². The van der Waals surface area contributed by atoms with Crippen LogP contribution in [0.2, 0.25) is 0 Å². The van der Waals surface area contributed by atoms with E-state index in [9.17, 15) is 14.4 Å². The van der Waals surface area contributed by atoms with Crippen LogP contribution in [-0.4, -0.2) is 32.8 Å². The van der Waals surface area contributed by atoms with Crippen LogP contribution >= 0.6 is 0 Å². The molecule has 1 amide bonds. The monoisotopic (exact) mass is 410 g/mol. The molecule has 0 aliphatic rings. The van der Waals surface area contributed by atoms with Crippen molar-refractivity contribution in [2.24, 2.45) is 7.05 Å². The third-order valence-corrected chi connectivity index (χ3v) is 4.80. The van der Waals surface area contributed by atoms with E-state index in [0.29, 0.717) is 28.7 Å². The molecule has 0 saturated carbocycles. The van der Waals surface area contributed by atoms with Gasteiger partial charge in [0.25, 0.3) is 11.5 Å². The number of carbonyl (C=O) groups is 2. The van der Waals surface area contributed by atoms with Crippen LogP contribution in [0.3, 0.4) is 0 Å². The molecule has 2 heterocycles. The SMILES string of the molecule is CCCCCn1nc(C(=O)Nc2cc(C(=O)OCC)n(C)c2)c2ccccc2c1=O. The topological polar surface area (TPSA) is 95.2 Å². The van der Waals surface area contributed by atoms with Crippen LogP contribution in [0.15, 0.2) is 41.3 Å². The number of ether oxygens (including phenoxy) is 1. The predicted molar refractivity (Wildman–Crippen MR) is 115 cm³/mol. The van der Waals surface area contributed by atoms with E-state index < -0.39 is 11.9 Å². The van der Waals surface area contributed by atoms with Crippen LogP contribution in [0.25, 0.3) is 10.8 Å². The van der Waals surface area contributed by atoms with Crippen molar-refractivity contribution < 1.29 is 14.3 Å². The fourth-order valence-corrected chi connectivity index (χ4v) is 3.30. The summed E-state index contributed by atoms with van der Waals surface area (Å²) in [5.74, 6) is -0.912. The van der Waals surface area contributed by atoms with Gasteiger partial charge in [0.05, 0.1) is 17.7 Å². The second-order valence-corrected chi connectivity index (χ2v) is 7.03. The molecule has 0 atom stereocenters. The van der Waals surface area contributed by atoms with Gasteiger partial charge in [0.15, 0.2) is 5.69 Å². The predicted octanol–water partition coefficient (Wildman–Crippen LogP) is 3.35. The summed E-state index contributed by atoms with van der Waals surface area (Å²) in [6.45, 7) is 4.53. The fraction of sp³-hybridized carbons (Fsp3) is 0.364. The summed E-state index contributed by atoms with van der Waals surface area (Å²) in [6, 6.07) is 8.50. The summed E-state index contributed by atoms with van der Waals surface area (Å²) < 4.78 is 7.97. The summed E-state index contributed by atoms with van der Waals surface area (Å²) in [4.78, 5) is 37.8. The number of nitrogens with one attached hydrogen (secondary N) is 1. The number of esters is 1. The van der Waals surface area contributed by atoms with E-state index in [0.717, 1.165) is 19.3 Å². The lowest BCUT2D eigenvalue weighted by atomic mass is 10.1. The van der Waals surface area contributed by atoms with Crippen LogP contribution in [0.5, 0.6) is 0 Å².